The Bertz CT molecular complexity index is 1750. The Balaban J connectivity index is 1.28. The van der Waals surface area contributed by atoms with E-state index in [0.29, 0.717) is 12.1 Å². The van der Waals surface area contributed by atoms with E-state index in [4.69, 9.17) is 19.2 Å². The molecule has 37 heavy (non-hydrogen) atoms. The lowest BCUT2D eigenvalue weighted by atomic mass is 9.99. The Hall–Kier alpha value is -4.34. The van der Waals surface area contributed by atoms with E-state index in [2.05, 4.69) is 32.2 Å². The van der Waals surface area contributed by atoms with Crippen LogP contribution in [0.3, 0.4) is 0 Å². The fraction of sp³-hybridized carbons (Fsp3) is 0.214. The maximum absolute atomic E-state index is 6.03. The summed E-state index contributed by atoms with van der Waals surface area (Å²) in [7, 11) is 0. The number of aromatic amines is 1. The number of H-pyrrole nitrogens is 1. The summed E-state index contributed by atoms with van der Waals surface area (Å²) in [5, 5.41) is 13.5. The Morgan fingerprint density at radius 3 is 2.86 bits per heavy atom. The first-order chi connectivity index (χ1) is 18.3. The number of ether oxygens (including phenoxy) is 1. The highest BCUT2D eigenvalue weighted by Gasteiger charge is 2.39. The smallest absolute Gasteiger partial charge is 0.164 e. The average molecular weight is 490 g/mol. The minimum absolute atomic E-state index is 0.369. The quantitative estimate of drug-likeness (QED) is 0.379. The second-order valence-corrected chi connectivity index (χ2v) is 9.74. The van der Waals surface area contributed by atoms with Crippen LogP contribution in [0.2, 0.25) is 0 Å². The number of aromatic nitrogens is 6. The van der Waals surface area contributed by atoms with Crippen molar-refractivity contribution in [3.8, 4) is 33.6 Å². The van der Waals surface area contributed by atoms with Crippen LogP contribution in [-0.4, -0.2) is 60.0 Å². The zero-order valence-corrected chi connectivity index (χ0v) is 19.9. The number of likely N-dealkylation sites (tertiary alicyclic amines) is 1. The molecule has 2 fully saturated rings. The van der Waals surface area contributed by atoms with Crippen LogP contribution in [0.1, 0.15) is 12.2 Å². The Kier molecular flexibility index (Phi) is 4.55. The molecular formula is C28H23N7O2. The van der Waals surface area contributed by atoms with Gasteiger partial charge in [0.2, 0.25) is 0 Å². The first-order valence-corrected chi connectivity index (χ1v) is 12.5. The van der Waals surface area contributed by atoms with Gasteiger partial charge < -0.3 is 9.15 Å². The topological polar surface area (TPSA) is 97.4 Å². The van der Waals surface area contributed by atoms with Gasteiger partial charge in [0.25, 0.3) is 0 Å². The largest absolute Gasteiger partial charge is 0.467 e. The number of fused-ring (bicyclic) bond motifs is 4. The highest BCUT2D eigenvalue weighted by Crippen LogP contribution is 2.39. The predicted molar refractivity (Wildman–Crippen MR) is 138 cm³/mol. The van der Waals surface area contributed by atoms with E-state index in [1.807, 2.05) is 53.5 Å². The van der Waals surface area contributed by atoms with Gasteiger partial charge in [-0.3, -0.25) is 15.0 Å². The molecule has 5 aromatic heterocycles. The number of hydrogen-bond donors (Lipinski definition) is 1. The second-order valence-electron chi connectivity index (χ2n) is 9.74. The van der Waals surface area contributed by atoms with Crippen molar-refractivity contribution in [2.45, 2.75) is 25.1 Å². The van der Waals surface area contributed by atoms with Crippen LogP contribution in [-0.2, 0) is 11.3 Å². The zero-order chi connectivity index (χ0) is 24.3. The van der Waals surface area contributed by atoms with Crippen molar-refractivity contribution < 1.29 is 9.15 Å². The fourth-order valence-corrected chi connectivity index (χ4v) is 5.78. The molecule has 2 aliphatic heterocycles. The van der Waals surface area contributed by atoms with Crippen molar-refractivity contribution >= 4 is 16.6 Å². The fourth-order valence-electron chi connectivity index (χ4n) is 5.78. The molecule has 182 valence electrons. The number of nitrogens with one attached hydrogen (secondary N) is 1. The third kappa shape index (κ3) is 3.32. The van der Waals surface area contributed by atoms with Crippen molar-refractivity contribution in [2.75, 3.05) is 13.2 Å². The van der Waals surface area contributed by atoms with Gasteiger partial charge >= 0.3 is 0 Å². The van der Waals surface area contributed by atoms with Crippen molar-refractivity contribution in [3.05, 3.63) is 79.3 Å². The molecule has 9 heteroatoms. The van der Waals surface area contributed by atoms with Gasteiger partial charge in [0.1, 0.15) is 17.7 Å². The Morgan fingerprint density at radius 1 is 1.05 bits per heavy atom. The van der Waals surface area contributed by atoms with Crippen LogP contribution >= 0.6 is 0 Å². The molecule has 1 aromatic carbocycles. The Morgan fingerprint density at radius 2 is 2.00 bits per heavy atom. The SMILES string of the molecule is c1cc(-c2c(-c3ccncc3)nn3c(-c4coc(CN5C[C@@H]6C[C@H]5CO6)c4)ccnc23)c2cn[nH]c2c1. The van der Waals surface area contributed by atoms with Crippen LogP contribution in [0.15, 0.2) is 77.9 Å². The molecule has 2 saturated heterocycles. The van der Waals surface area contributed by atoms with E-state index >= 15 is 0 Å². The molecule has 9 nitrogen and oxygen atoms in total. The monoisotopic (exact) mass is 489 g/mol. The normalized spacial score (nSPS) is 19.5. The van der Waals surface area contributed by atoms with E-state index in [1.165, 1.54) is 0 Å². The molecule has 0 unspecified atom stereocenters. The summed E-state index contributed by atoms with van der Waals surface area (Å²) in [6.45, 7) is 2.58. The number of nitrogens with zero attached hydrogens (tertiary/aromatic N) is 6. The molecule has 0 spiro atoms. The van der Waals surface area contributed by atoms with Crippen LogP contribution in [0.25, 0.3) is 50.2 Å². The van der Waals surface area contributed by atoms with Gasteiger partial charge in [-0.05, 0) is 42.3 Å². The van der Waals surface area contributed by atoms with Gasteiger partial charge in [0, 0.05) is 47.7 Å². The molecule has 0 radical (unpaired) electrons. The third-order valence-electron chi connectivity index (χ3n) is 7.55. The van der Waals surface area contributed by atoms with Gasteiger partial charge in [-0.15, -0.1) is 0 Å². The van der Waals surface area contributed by atoms with E-state index in [0.717, 1.165) is 82.1 Å². The molecule has 8 rings (SSSR count). The van der Waals surface area contributed by atoms with E-state index < -0.39 is 0 Å². The molecule has 2 atom stereocenters. The van der Waals surface area contributed by atoms with Crippen LogP contribution in [0.4, 0.5) is 0 Å². The first-order valence-electron chi connectivity index (χ1n) is 12.5. The third-order valence-corrected chi connectivity index (χ3v) is 7.55. The molecule has 2 bridgehead atoms. The van der Waals surface area contributed by atoms with E-state index in [9.17, 15) is 0 Å². The van der Waals surface area contributed by atoms with Gasteiger partial charge in [-0.2, -0.15) is 10.2 Å². The molecule has 2 aliphatic rings. The van der Waals surface area contributed by atoms with Gasteiger partial charge in [0.15, 0.2) is 5.65 Å². The van der Waals surface area contributed by atoms with Gasteiger partial charge in [0.05, 0.1) is 42.2 Å². The highest BCUT2D eigenvalue weighted by atomic mass is 16.5. The lowest BCUT2D eigenvalue weighted by molar-refractivity contribution is 0.0248. The van der Waals surface area contributed by atoms with Crippen molar-refractivity contribution in [3.63, 3.8) is 0 Å². The summed E-state index contributed by atoms with van der Waals surface area (Å²) >= 11 is 0. The maximum atomic E-state index is 6.03. The van der Waals surface area contributed by atoms with Crippen molar-refractivity contribution in [1.29, 1.82) is 0 Å². The van der Waals surface area contributed by atoms with Crippen molar-refractivity contribution in [2.24, 2.45) is 0 Å². The number of furan rings is 1. The summed E-state index contributed by atoms with van der Waals surface area (Å²) in [5.74, 6) is 0.942. The highest BCUT2D eigenvalue weighted by molar-refractivity contribution is 6.02. The lowest BCUT2D eigenvalue weighted by Gasteiger charge is -2.25. The second kappa shape index (κ2) is 8.09. The number of morpholine rings is 1. The van der Waals surface area contributed by atoms with Crippen LogP contribution in [0.5, 0.6) is 0 Å². The minimum Gasteiger partial charge on any atom is -0.467 e. The standard InChI is InChI=1S/C28H23N7O2/c1-2-22(23-12-31-32-24(23)3-1)26-27(17-4-7-29-8-5-17)33-35-25(6-9-30-28(26)35)18-10-20(36-15-18)13-34-14-21-11-19(34)16-37-21/h1-10,12,15,19,21H,11,13-14,16H2,(H,31,32)/t19-,21-/m0/s1. The first kappa shape index (κ1) is 20.8. The molecule has 0 aliphatic carbocycles. The summed E-state index contributed by atoms with van der Waals surface area (Å²) in [6.07, 6.45) is 10.6. The molecule has 1 N–H and O–H groups in total. The van der Waals surface area contributed by atoms with Crippen LogP contribution in [0, 0.1) is 0 Å². The number of benzene rings is 1. The molecule has 6 aromatic rings. The van der Waals surface area contributed by atoms with Crippen molar-refractivity contribution in [1.82, 2.24) is 34.7 Å². The molecule has 7 heterocycles. The number of hydrogen-bond acceptors (Lipinski definition) is 7. The van der Waals surface area contributed by atoms with E-state index in [-0.39, 0.29) is 0 Å². The molecule has 0 saturated carbocycles. The van der Waals surface area contributed by atoms with Gasteiger partial charge in [-0.1, -0.05) is 12.1 Å². The molecule has 0 amide bonds. The van der Waals surface area contributed by atoms with E-state index in [1.54, 1.807) is 12.4 Å². The summed E-state index contributed by atoms with van der Waals surface area (Å²) in [4.78, 5) is 11.5. The summed E-state index contributed by atoms with van der Waals surface area (Å²) in [6, 6.07) is 14.7. The average Bonchev–Trinajstić information content (AvgIpc) is 3.76. The summed E-state index contributed by atoms with van der Waals surface area (Å²) < 4.78 is 13.7. The molecular weight excluding hydrogens is 466 g/mol. The van der Waals surface area contributed by atoms with Gasteiger partial charge in [-0.25, -0.2) is 9.50 Å². The number of pyridine rings is 1. The predicted octanol–water partition coefficient (Wildman–Crippen LogP) is 4.57. The Labute approximate surface area is 211 Å². The zero-order valence-electron chi connectivity index (χ0n) is 19.9. The minimum atomic E-state index is 0.369. The summed E-state index contributed by atoms with van der Waals surface area (Å²) in [5.41, 5.74) is 7.43. The number of rotatable bonds is 5. The maximum Gasteiger partial charge on any atom is 0.164 e. The van der Waals surface area contributed by atoms with Crippen LogP contribution < -0.4 is 0 Å². The lowest BCUT2D eigenvalue weighted by Crippen LogP contribution is -2.36.